The van der Waals surface area contributed by atoms with Gasteiger partial charge in [0.1, 0.15) is 6.54 Å². The van der Waals surface area contributed by atoms with E-state index >= 15 is 0 Å². The molecule has 0 amide bonds. The minimum Gasteiger partial charge on any atom is -0.296 e. The molecule has 3 aromatic rings. The van der Waals surface area contributed by atoms with Gasteiger partial charge in [-0.1, -0.05) is 0 Å². The number of benzene rings is 1. The molecule has 4 rings (SSSR count). The fourth-order valence-corrected chi connectivity index (χ4v) is 4.80. The van der Waals surface area contributed by atoms with E-state index in [0.717, 1.165) is 17.4 Å². The zero-order valence-electron chi connectivity index (χ0n) is 16.5. The molecule has 156 valence electrons. The highest BCUT2D eigenvalue weighted by Gasteiger charge is 2.41. The van der Waals surface area contributed by atoms with E-state index in [9.17, 15) is 18.0 Å². The molecule has 0 spiro atoms. The summed E-state index contributed by atoms with van der Waals surface area (Å²) in [4.78, 5) is 25.8. The lowest BCUT2D eigenvalue weighted by Crippen LogP contribution is -2.39. The molecule has 1 fully saturated rings. The molecule has 2 heterocycles. The maximum absolute atomic E-state index is 13.1. The van der Waals surface area contributed by atoms with Gasteiger partial charge in [0.15, 0.2) is 0 Å². The Kier molecular flexibility index (Phi) is 4.63. The third-order valence-electron chi connectivity index (χ3n) is 5.27. The van der Waals surface area contributed by atoms with Crippen LogP contribution in [0.15, 0.2) is 45.1 Å². The molecule has 1 saturated carbocycles. The second-order valence-electron chi connectivity index (χ2n) is 7.78. The quantitative estimate of drug-likeness (QED) is 0.601. The second-order valence-corrected chi connectivity index (χ2v) is 9.46. The van der Waals surface area contributed by atoms with Gasteiger partial charge in [-0.25, -0.2) is 17.9 Å². The smallest absolute Gasteiger partial charge is 0.296 e. The average Bonchev–Trinajstić information content (AvgIpc) is 3.24. The Morgan fingerprint density at radius 1 is 1.30 bits per heavy atom. The number of hydrogen-bond acceptors (Lipinski definition) is 6. The highest BCUT2D eigenvalue weighted by atomic mass is 32.2. The maximum Gasteiger partial charge on any atom is 0.331 e. The molecule has 30 heavy (non-hydrogen) atoms. The molecule has 1 aliphatic carbocycles. The first kappa shape index (κ1) is 20.1. The zero-order valence-corrected chi connectivity index (χ0v) is 17.3. The van der Waals surface area contributed by atoms with Crippen LogP contribution in [0.25, 0.3) is 10.9 Å². The molecule has 11 heteroatoms. The van der Waals surface area contributed by atoms with Crippen molar-refractivity contribution >= 4 is 20.9 Å². The Morgan fingerprint density at radius 2 is 2.03 bits per heavy atom. The predicted octanol–water partition coefficient (Wildman–Crippen LogP) is 0.299. The summed E-state index contributed by atoms with van der Waals surface area (Å²) >= 11 is 0. The molecule has 0 bridgehead atoms. The molecular formula is C19H20N6O4S. The van der Waals surface area contributed by atoms with Crippen molar-refractivity contribution in [2.45, 2.75) is 43.3 Å². The molecule has 0 saturated heterocycles. The molecule has 0 aliphatic heterocycles. The molecule has 1 N–H and O–H groups in total. The fraction of sp³-hybridized carbons (Fsp3) is 0.368. The normalized spacial score (nSPS) is 15.2. The van der Waals surface area contributed by atoms with Crippen LogP contribution in [0.2, 0.25) is 0 Å². The Bertz CT molecular complexity index is 1420. The van der Waals surface area contributed by atoms with Crippen molar-refractivity contribution in [3.05, 3.63) is 57.0 Å². The van der Waals surface area contributed by atoms with Crippen LogP contribution in [0.3, 0.4) is 0 Å². The van der Waals surface area contributed by atoms with Crippen molar-refractivity contribution in [1.82, 2.24) is 23.6 Å². The lowest BCUT2D eigenvalue weighted by Gasteiger charge is -2.14. The Hall–Kier alpha value is -3.23. The number of hydrogen-bond donors (Lipinski definition) is 1. The summed E-state index contributed by atoms with van der Waals surface area (Å²) in [6.45, 7) is 1.84. The Morgan fingerprint density at radius 3 is 2.70 bits per heavy atom. The highest BCUT2D eigenvalue weighted by molar-refractivity contribution is 7.89. The third-order valence-corrected chi connectivity index (χ3v) is 6.91. The van der Waals surface area contributed by atoms with Crippen molar-refractivity contribution in [2.75, 3.05) is 0 Å². The summed E-state index contributed by atoms with van der Waals surface area (Å²) < 4.78 is 31.8. The summed E-state index contributed by atoms with van der Waals surface area (Å²) in [6.07, 6.45) is 4.59. The van der Waals surface area contributed by atoms with E-state index in [1.54, 1.807) is 6.20 Å². The number of nitrogens with one attached hydrogen (secondary N) is 1. The molecule has 2 aromatic heterocycles. The molecule has 1 aromatic carbocycles. The van der Waals surface area contributed by atoms with Crippen LogP contribution < -0.4 is 16.0 Å². The first-order valence-corrected chi connectivity index (χ1v) is 10.8. The number of fused-ring (bicyclic) bond motifs is 1. The topological polar surface area (TPSA) is 132 Å². The average molecular weight is 428 g/mol. The second kappa shape index (κ2) is 6.93. The molecule has 0 unspecified atom stereocenters. The van der Waals surface area contributed by atoms with E-state index in [0.29, 0.717) is 11.1 Å². The first-order valence-electron chi connectivity index (χ1n) is 9.29. The summed E-state index contributed by atoms with van der Waals surface area (Å²) in [7, 11) is -2.27. The van der Waals surface area contributed by atoms with Gasteiger partial charge in [-0.3, -0.25) is 18.6 Å². The monoisotopic (exact) mass is 428 g/mol. The summed E-state index contributed by atoms with van der Waals surface area (Å²) in [6, 6.07) is 6.13. The summed E-state index contributed by atoms with van der Waals surface area (Å²) in [5.41, 5.74) is -0.634. The largest absolute Gasteiger partial charge is 0.331 e. The molecule has 0 atom stereocenters. The van der Waals surface area contributed by atoms with Gasteiger partial charge in [-0.2, -0.15) is 10.4 Å². The van der Waals surface area contributed by atoms with Gasteiger partial charge in [0.05, 0.1) is 34.6 Å². The Labute approximate surface area is 172 Å². The van der Waals surface area contributed by atoms with Gasteiger partial charge in [0, 0.05) is 24.3 Å². The third kappa shape index (κ3) is 3.55. The van der Waals surface area contributed by atoms with Gasteiger partial charge >= 0.3 is 5.69 Å². The van der Waals surface area contributed by atoms with E-state index in [-0.39, 0.29) is 23.4 Å². The number of aryl methyl sites for hydroxylation is 1. The van der Waals surface area contributed by atoms with Gasteiger partial charge in [0.25, 0.3) is 5.56 Å². The van der Waals surface area contributed by atoms with Crippen LogP contribution in [0.4, 0.5) is 0 Å². The number of rotatable bonds is 6. The van der Waals surface area contributed by atoms with Crippen LogP contribution >= 0.6 is 0 Å². The van der Waals surface area contributed by atoms with Gasteiger partial charge in [-0.15, -0.1) is 0 Å². The first-order chi connectivity index (χ1) is 14.1. The maximum atomic E-state index is 13.1. The minimum atomic E-state index is -3.79. The highest BCUT2D eigenvalue weighted by Crippen LogP contribution is 2.36. The lowest BCUT2D eigenvalue weighted by atomic mass is 10.2. The van der Waals surface area contributed by atoms with E-state index in [4.69, 9.17) is 5.26 Å². The minimum absolute atomic E-state index is 0.0211. The number of aromatic nitrogens is 4. The molecular weight excluding hydrogens is 408 g/mol. The van der Waals surface area contributed by atoms with Gasteiger partial charge in [-0.05, 0) is 38.0 Å². The van der Waals surface area contributed by atoms with Crippen molar-refractivity contribution in [3.63, 3.8) is 0 Å². The number of sulfonamides is 1. The fourth-order valence-electron chi connectivity index (χ4n) is 3.30. The number of nitriles is 1. The van der Waals surface area contributed by atoms with E-state index in [1.165, 1.54) is 40.7 Å². The van der Waals surface area contributed by atoms with Crippen LogP contribution in [0.5, 0.6) is 0 Å². The van der Waals surface area contributed by atoms with Crippen LogP contribution in [-0.2, 0) is 30.2 Å². The Balaban J connectivity index is 1.81. The van der Waals surface area contributed by atoms with Crippen LogP contribution in [0.1, 0.15) is 25.3 Å². The van der Waals surface area contributed by atoms with Crippen molar-refractivity contribution < 1.29 is 8.42 Å². The zero-order chi connectivity index (χ0) is 21.7. The summed E-state index contributed by atoms with van der Waals surface area (Å²) in [5.74, 6) is 0. The van der Waals surface area contributed by atoms with Gasteiger partial charge < -0.3 is 0 Å². The van der Waals surface area contributed by atoms with Crippen molar-refractivity contribution in [1.29, 1.82) is 5.26 Å². The summed E-state index contributed by atoms with van der Waals surface area (Å²) in [5, 5.41) is 12.9. The van der Waals surface area contributed by atoms with E-state index < -0.39 is 26.8 Å². The molecule has 10 nitrogen and oxygen atoms in total. The van der Waals surface area contributed by atoms with E-state index in [2.05, 4.69) is 9.82 Å². The van der Waals surface area contributed by atoms with Crippen LogP contribution in [0, 0.1) is 11.3 Å². The van der Waals surface area contributed by atoms with E-state index in [1.807, 2.05) is 13.0 Å². The molecule has 0 radical (unpaired) electrons. The van der Waals surface area contributed by atoms with Gasteiger partial charge in [0.2, 0.25) is 10.0 Å². The standard InChI is InChI=1S/C19H20N6O4S/c1-19(5-6-19)22-30(28,29)14-3-4-16-15(9-14)17(26)25(18(27)23(16)2)12-13-10-21-24(11-13)8-7-20/h3-4,9-11,22H,5-6,8,12H2,1-2H3. The lowest BCUT2D eigenvalue weighted by molar-refractivity contribution is 0.558. The molecule has 1 aliphatic rings. The van der Waals surface area contributed by atoms with Crippen molar-refractivity contribution in [2.24, 2.45) is 7.05 Å². The predicted molar refractivity (Wildman–Crippen MR) is 108 cm³/mol. The SMILES string of the molecule is Cn1c(=O)n(Cc2cnn(CC#N)c2)c(=O)c2cc(S(=O)(=O)NC3(C)CC3)ccc21. The van der Waals surface area contributed by atoms with Crippen LogP contribution in [-0.4, -0.2) is 32.9 Å². The van der Waals surface area contributed by atoms with Crippen molar-refractivity contribution in [3.8, 4) is 6.07 Å². The number of nitrogens with zero attached hydrogens (tertiary/aromatic N) is 5.